The fraction of sp³-hybridized carbons (Fsp3) is 0. The van der Waals surface area contributed by atoms with Crippen molar-refractivity contribution in [3.05, 3.63) is 182 Å². The van der Waals surface area contributed by atoms with E-state index in [2.05, 4.69) is 4.98 Å². The first-order chi connectivity index (χ1) is 34.0. The van der Waals surface area contributed by atoms with Gasteiger partial charge in [0.15, 0.2) is 0 Å². The summed E-state index contributed by atoms with van der Waals surface area (Å²) < 4.78 is 187. The third-order valence-corrected chi connectivity index (χ3v) is 8.39. The van der Waals surface area contributed by atoms with Crippen LogP contribution < -0.4 is 4.90 Å². The van der Waals surface area contributed by atoms with Crippen LogP contribution in [0.5, 0.6) is 0 Å². The van der Waals surface area contributed by atoms with Gasteiger partial charge >= 0.3 is 0 Å². The summed E-state index contributed by atoms with van der Waals surface area (Å²) in [6.45, 7) is 0. The number of hydrogen-bond acceptors (Lipinski definition) is 4. The van der Waals surface area contributed by atoms with E-state index in [9.17, 15) is 8.22 Å². The molecule has 4 heteroatoms. The average Bonchev–Trinajstić information content (AvgIpc) is 3.36. The van der Waals surface area contributed by atoms with Crippen molar-refractivity contribution in [2.45, 2.75) is 0 Å². The molecule has 0 unspecified atom stereocenters. The van der Waals surface area contributed by atoms with E-state index in [0.717, 1.165) is 0 Å². The molecule has 0 amide bonds. The molecule has 0 radical (unpaired) electrons. The highest BCUT2D eigenvalue weighted by molar-refractivity contribution is 6.26. The Hall–Kier alpha value is -6.91. The summed E-state index contributed by atoms with van der Waals surface area (Å²) in [5.74, 6) is 0. The van der Waals surface area contributed by atoms with Gasteiger partial charge in [0, 0.05) is 61.3 Å². The Bertz CT molecular complexity index is 3970. The summed E-state index contributed by atoms with van der Waals surface area (Å²) in [4.78, 5) is 14.5. The standard InChI is InChI=1S/C47H30N4/c1-3-14-35(15-4-1)51(36-16-5-2-6-17-36)37-26-23-32(24-27-37)45-44-40(42-28-25-33-22-21-31-13-11-29-48-46(31)47(33)50-42)30-34-12-7-8-18-38(34)43(44)39-19-9-10-20-41(39)49-45/h1-30H/i1D,2D,3D,4D,5D,6D,11D,13D,14D,15D,16D,17D,21D,22D,23D,24D,25D,26D,27D,28D,29D. The van der Waals surface area contributed by atoms with Gasteiger partial charge < -0.3 is 4.90 Å². The molecule has 4 nitrogen and oxygen atoms in total. The minimum Gasteiger partial charge on any atom is -0.311 e. The van der Waals surface area contributed by atoms with Crippen LogP contribution in [0.2, 0.25) is 0 Å². The summed E-state index contributed by atoms with van der Waals surface area (Å²) in [5.41, 5.74) is -3.69. The summed E-state index contributed by atoms with van der Waals surface area (Å²) in [6.07, 6.45) is -0.645. The molecule has 51 heavy (non-hydrogen) atoms. The molecule has 0 saturated heterocycles. The maximum Gasteiger partial charge on any atom is 0.0972 e. The Morgan fingerprint density at radius 1 is 0.490 bits per heavy atom. The lowest BCUT2D eigenvalue weighted by molar-refractivity contribution is 1.28. The Morgan fingerprint density at radius 3 is 1.90 bits per heavy atom. The largest absolute Gasteiger partial charge is 0.311 e. The van der Waals surface area contributed by atoms with Gasteiger partial charge in [0.1, 0.15) is 0 Å². The van der Waals surface area contributed by atoms with Crippen LogP contribution in [-0.4, -0.2) is 15.0 Å². The zero-order valence-corrected chi connectivity index (χ0v) is 26.0. The van der Waals surface area contributed by atoms with Crippen molar-refractivity contribution in [1.29, 1.82) is 0 Å². The molecule has 0 bridgehead atoms. The van der Waals surface area contributed by atoms with Crippen LogP contribution >= 0.6 is 0 Å². The quantitative estimate of drug-likeness (QED) is 0.171. The topological polar surface area (TPSA) is 41.9 Å². The van der Waals surface area contributed by atoms with Crippen molar-refractivity contribution < 1.29 is 28.8 Å². The minimum absolute atomic E-state index is 0.0436. The lowest BCUT2D eigenvalue weighted by Gasteiger charge is -2.25. The monoisotopic (exact) mass is 671 g/mol. The highest BCUT2D eigenvalue weighted by Crippen LogP contribution is 2.44. The van der Waals surface area contributed by atoms with Crippen LogP contribution in [0.1, 0.15) is 28.8 Å². The van der Waals surface area contributed by atoms with Crippen molar-refractivity contribution >= 4 is 71.3 Å². The van der Waals surface area contributed by atoms with Gasteiger partial charge in [-0.2, -0.15) is 0 Å². The SMILES string of the molecule is [2H]c1nc2c(c([2H])c1[2H])c([2H])c([2H])c1c([2H])c([2H])c(-c3cc4ccccc4c4c3c(-c3c([2H])c([2H])c(N(c5c([2H])c([2H])c([2H])c([2H])c5[2H])c5c([2H])c([2H])c([2H])c([2H])c5[2H])c([2H])c3[2H])nc3ccccc34)nc12. The van der Waals surface area contributed by atoms with Crippen LogP contribution in [-0.2, 0) is 0 Å². The lowest BCUT2D eigenvalue weighted by Crippen LogP contribution is -2.09. The van der Waals surface area contributed by atoms with Crippen LogP contribution in [0.3, 0.4) is 0 Å². The van der Waals surface area contributed by atoms with Crippen molar-refractivity contribution in [1.82, 2.24) is 15.0 Å². The first kappa shape index (κ1) is 14.9. The normalized spacial score (nSPS) is 17.3. The molecule has 238 valence electrons. The Morgan fingerprint density at radius 2 is 1.14 bits per heavy atom. The molecule has 0 aliphatic rings. The molecule has 0 aliphatic heterocycles. The smallest absolute Gasteiger partial charge is 0.0972 e. The van der Waals surface area contributed by atoms with Crippen molar-refractivity contribution in [2.75, 3.05) is 4.90 Å². The Labute approximate surface area is 324 Å². The number of benzene rings is 7. The molecule has 7 aromatic carbocycles. The fourth-order valence-corrected chi connectivity index (χ4v) is 6.22. The maximum absolute atomic E-state index is 9.74. The lowest BCUT2D eigenvalue weighted by atomic mass is 9.90. The van der Waals surface area contributed by atoms with Crippen LogP contribution in [0, 0.1) is 0 Å². The second-order valence-corrected chi connectivity index (χ2v) is 11.3. The minimum atomic E-state index is -0.966. The predicted molar refractivity (Wildman–Crippen MR) is 213 cm³/mol. The molecule has 0 fully saturated rings. The number of para-hydroxylation sites is 3. The highest BCUT2D eigenvalue weighted by atomic mass is 15.1. The number of hydrogen-bond donors (Lipinski definition) is 0. The van der Waals surface area contributed by atoms with Gasteiger partial charge in [0.2, 0.25) is 0 Å². The highest BCUT2D eigenvalue weighted by Gasteiger charge is 2.20. The molecular formula is C47H30N4. The van der Waals surface area contributed by atoms with Crippen molar-refractivity contribution in [3.8, 4) is 22.5 Å². The number of pyridine rings is 3. The molecule has 0 saturated carbocycles. The number of rotatable bonds is 5. The van der Waals surface area contributed by atoms with Crippen molar-refractivity contribution in [3.63, 3.8) is 0 Å². The fourth-order valence-electron chi connectivity index (χ4n) is 6.22. The zero-order chi connectivity index (χ0) is 52.0. The summed E-state index contributed by atoms with van der Waals surface area (Å²) >= 11 is 0. The molecule has 0 spiro atoms. The molecule has 10 rings (SSSR count). The molecule has 0 N–H and O–H groups in total. The van der Waals surface area contributed by atoms with Gasteiger partial charge in [0.25, 0.3) is 0 Å². The third-order valence-electron chi connectivity index (χ3n) is 8.39. The van der Waals surface area contributed by atoms with Crippen LogP contribution in [0.15, 0.2) is 182 Å². The number of fused-ring (bicyclic) bond motifs is 8. The van der Waals surface area contributed by atoms with Gasteiger partial charge in [-0.1, -0.05) is 115 Å². The maximum atomic E-state index is 9.74. The molecule has 3 heterocycles. The van der Waals surface area contributed by atoms with Crippen LogP contribution in [0.25, 0.3) is 76.8 Å². The van der Waals surface area contributed by atoms with E-state index < -0.39 is 150 Å². The second-order valence-electron chi connectivity index (χ2n) is 11.3. The first-order valence-corrected chi connectivity index (χ1v) is 15.5. The molecular weight excluding hydrogens is 621 g/mol. The first-order valence-electron chi connectivity index (χ1n) is 26.0. The van der Waals surface area contributed by atoms with Gasteiger partial charge in [0.05, 0.1) is 56.7 Å². The van der Waals surface area contributed by atoms with E-state index in [0.29, 0.717) is 26.4 Å². The van der Waals surface area contributed by atoms with E-state index in [1.54, 1.807) is 54.6 Å². The second kappa shape index (κ2) is 11.9. The zero-order valence-electron chi connectivity index (χ0n) is 47.0. The van der Waals surface area contributed by atoms with Crippen molar-refractivity contribution in [2.24, 2.45) is 0 Å². The van der Waals surface area contributed by atoms with E-state index in [1.807, 2.05) is 0 Å². The van der Waals surface area contributed by atoms with Gasteiger partial charge in [-0.05, 0) is 71.2 Å². The van der Waals surface area contributed by atoms with Gasteiger partial charge in [-0.15, -0.1) is 0 Å². The molecule has 0 atom stereocenters. The summed E-state index contributed by atoms with van der Waals surface area (Å²) in [5, 5.41) is 1.55. The third kappa shape index (κ3) is 4.88. The van der Waals surface area contributed by atoms with E-state index >= 15 is 0 Å². The number of aromatic nitrogens is 3. The molecule has 0 aliphatic carbocycles. The van der Waals surface area contributed by atoms with E-state index in [4.69, 9.17) is 30.5 Å². The summed E-state index contributed by atoms with van der Waals surface area (Å²) in [7, 11) is 0. The van der Waals surface area contributed by atoms with E-state index in [1.165, 1.54) is 0 Å². The van der Waals surface area contributed by atoms with Crippen LogP contribution in [0.4, 0.5) is 17.1 Å². The van der Waals surface area contributed by atoms with E-state index in [-0.39, 0.29) is 49.7 Å². The molecule has 3 aromatic heterocycles. The average molecular weight is 672 g/mol. The van der Waals surface area contributed by atoms with Gasteiger partial charge in [-0.3, -0.25) is 4.98 Å². The summed E-state index contributed by atoms with van der Waals surface area (Å²) in [6, 6.07) is -0.940. The van der Waals surface area contributed by atoms with Gasteiger partial charge in [-0.25, -0.2) is 9.97 Å². The predicted octanol–water partition coefficient (Wildman–Crippen LogP) is 12.4. The number of anilines is 3. The Kier molecular flexibility index (Phi) is 3.48. The Balaban J connectivity index is 1.39. The number of nitrogens with zero attached hydrogens (tertiary/aromatic N) is 4. The molecule has 10 aromatic rings.